The molecular formula is C13H28N4O3S. The van der Waals surface area contributed by atoms with E-state index in [9.17, 15) is 8.42 Å². The fraction of sp³-hybridized carbons (Fsp3) is 1.00. The highest BCUT2D eigenvalue weighted by Crippen LogP contribution is 2.29. The van der Waals surface area contributed by atoms with Gasteiger partial charge in [0, 0.05) is 31.7 Å². The Morgan fingerprint density at radius 3 is 2.29 bits per heavy atom. The van der Waals surface area contributed by atoms with Crippen molar-refractivity contribution in [1.29, 1.82) is 0 Å². The summed E-state index contributed by atoms with van der Waals surface area (Å²) in [6.45, 7) is 7.89. The molecule has 7 nitrogen and oxygen atoms in total. The number of likely N-dealkylation sites (tertiary alicyclic amines) is 1. The molecule has 0 unspecified atom stereocenters. The summed E-state index contributed by atoms with van der Waals surface area (Å²) in [7, 11) is -1.28. The van der Waals surface area contributed by atoms with Crippen LogP contribution < -0.4 is 9.44 Å². The molecule has 2 aliphatic rings. The number of ether oxygens (including phenoxy) is 1. The number of hydrogen-bond donors (Lipinski definition) is 2. The van der Waals surface area contributed by atoms with Crippen LogP contribution in [0.4, 0.5) is 0 Å². The van der Waals surface area contributed by atoms with Gasteiger partial charge in [0.15, 0.2) is 0 Å². The van der Waals surface area contributed by atoms with Crippen molar-refractivity contribution < 1.29 is 13.2 Å². The van der Waals surface area contributed by atoms with Gasteiger partial charge in [-0.3, -0.25) is 4.90 Å². The van der Waals surface area contributed by atoms with Crippen molar-refractivity contribution in [2.45, 2.75) is 25.3 Å². The first-order chi connectivity index (χ1) is 9.97. The average Bonchev–Trinajstić information content (AvgIpc) is 2.48. The molecular weight excluding hydrogens is 292 g/mol. The Morgan fingerprint density at radius 1 is 1.10 bits per heavy atom. The molecule has 124 valence electrons. The van der Waals surface area contributed by atoms with E-state index in [0.29, 0.717) is 13.1 Å². The molecule has 2 saturated heterocycles. The zero-order valence-electron chi connectivity index (χ0n) is 13.1. The quantitative estimate of drug-likeness (QED) is 0.672. The van der Waals surface area contributed by atoms with Crippen LogP contribution in [0.15, 0.2) is 0 Å². The number of nitrogens with one attached hydrogen (secondary N) is 2. The maximum absolute atomic E-state index is 11.9. The first kappa shape index (κ1) is 17.1. The summed E-state index contributed by atoms with van der Waals surface area (Å²) >= 11 is 0. The molecule has 0 aromatic rings. The van der Waals surface area contributed by atoms with E-state index in [4.69, 9.17) is 4.74 Å². The van der Waals surface area contributed by atoms with Crippen LogP contribution in [0.25, 0.3) is 0 Å². The van der Waals surface area contributed by atoms with E-state index in [1.165, 1.54) is 0 Å². The minimum Gasteiger partial charge on any atom is -0.379 e. The van der Waals surface area contributed by atoms with Gasteiger partial charge in [-0.2, -0.15) is 8.42 Å². The lowest BCUT2D eigenvalue weighted by Gasteiger charge is -2.49. The number of morpholine rings is 1. The van der Waals surface area contributed by atoms with Gasteiger partial charge in [-0.05, 0) is 33.0 Å². The fourth-order valence-electron chi connectivity index (χ4n) is 3.15. The minimum absolute atomic E-state index is 0.0845. The van der Waals surface area contributed by atoms with Crippen molar-refractivity contribution in [3.63, 3.8) is 0 Å². The van der Waals surface area contributed by atoms with Crippen LogP contribution >= 0.6 is 0 Å². The Bertz CT molecular complexity index is 415. The zero-order valence-corrected chi connectivity index (χ0v) is 13.9. The van der Waals surface area contributed by atoms with Crippen molar-refractivity contribution >= 4 is 10.2 Å². The number of nitrogens with zero attached hydrogens (tertiary/aromatic N) is 2. The maximum atomic E-state index is 11.9. The summed E-state index contributed by atoms with van der Waals surface area (Å²) in [4.78, 5) is 4.72. The van der Waals surface area contributed by atoms with Crippen LogP contribution in [0.5, 0.6) is 0 Å². The van der Waals surface area contributed by atoms with Crippen molar-refractivity contribution in [3.8, 4) is 0 Å². The van der Waals surface area contributed by atoms with Gasteiger partial charge in [0.05, 0.1) is 13.2 Å². The maximum Gasteiger partial charge on any atom is 0.276 e. The SMILES string of the molecule is CCNS(=O)(=O)NCC1(N2CCOCC2)CCN(C)CC1. The number of piperidine rings is 1. The first-order valence-electron chi connectivity index (χ1n) is 7.73. The molecule has 2 aliphatic heterocycles. The van der Waals surface area contributed by atoms with Crippen molar-refractivity contribution in [2.75, 3.05) is 59.5 Å². The van der Waals surface area contributed by atoms with Gasteiger partial charge in [0.1, 0.15) is 0 Å². The van der Waals surface area contributed by atoms with E-state index in [-0.39, 0.29) is 5.54 Å². The van der Waals surface area contributed by atoms with E-state index in [2.05, 4.69) is 26.3 Å². The molecule has 21 heavy (non-hydrogen) atoms. The van der Waals surface area contributed by atoms with E-state index in [0.717, 1.165) is 52.2 Å². The lowest BCUT2D eigenvalue weighted by molar-refractivity contribution is -0.0427. The third-order valence-electron chi connectivity index (χ3n) is 4.53. The van der Waals surface area contributed by atoms with Crippen LogP contribution in [0, 0.1) is 0 Å². The standard InChI is InChI=1S/C13H28N4O3S/c1-3-14-21(18,19)15-12-13(4-6-16(2)7-5-13)17-8-10-20-11-9-17/h14-15H,3-12H2,1-2H3. The highest BCUT2D eigenvalue weighted by atomic mass is 32.2. The van der Waals surface area contributed by atoms with Gasteiger partial charge >= 0.3 is 0 Å². The summed E-state index contributed by atoms with van der Waals surface area (Å²) in [5, 5.41) is 0. The Kier molecular flexibility index (Phi) is 5.98. The van der Waals surface area contributed by atoms with Gasteiger partial charge < -0.3 is 9.64 Å². The number of rotatable bonds is 6. The largest absolute Gasteiger partial charge is 0.379 e. The van der Waals surface area contributed by atoms with Gasteiger partial charge in [0.25, 0.3) is 10.2 Å². The molecule has 0 saturated carbocycles. The topological polar surface area (TPSA) is 73.9 Å². The van der Waals surface area contributed by atoms with E-state index in [1.54, 1.807) is 6.92 Å². The van der Waals surface area contributed by atoms with Gasteiger partial charge in [-0.25, -0.2) is 9.44 Å². The third-order valence-corrected chi connectivity index (χ3v) is 5.72. The highest BCUT2D eigenvalue weighted by molar-refractivity contribution is 7.87. The van der Waals surface area contributed by atoms with Crippen molar-refractivity contribution in [2.24, 2.45) is 0 Å². The van der Waals surface area contributed by atoms with E-state index < -0.39 is 10.2 Å². The minimum atomic E-state index is -3.39. The Balaban J connectivity index is 2.05. The molecule has 0 spiro atoms. The molecule has 0 bridgehead atoms. The normalized spacial score (nSPS) is 25.0. The summed E-state index contributed by atoms with van der Waals surface area (Å²) in [6.07, 6.45) is 1.97. The van der Waals surface area contributed by atoms with Crippen LogP contribution in [-0.4, -0.2) is 83.3 Å². The molecule has 0 radical (unpaired) electrons. The summed E-state index contributed by atoms with van der Waals surface area (Å²) in [6, 6.07) is 0. The lowest BCUT2D eigenvalue weighted by atomic mass is 9.85. The Morgan fingerprint density at radius 2 is 1.71 bits per heavy atom. The van der Waals surface area contributed by atoms with Crippen LogP contribution in [0.2, 0.25) is 0 Å². The van der Waals surface area contributed by atoms with Gasteiger partial charge in [0.2, 0.25) is 0 Å². The lowest BCUT2D eigenvalue weighted by Crippen LogP contribution is -2.63. The molecule has 0 amide bonds. The molecule has 2 rings (SSSR count). The Hall–Kier alpha value is -0.250. The Labute approximate surface area is 128 Å². The van der Waals surface area contributed by atoms with Crippen LogP contribution in [0.3, 0.4) is 0 Å². The van der Waals surface area contributed by atoms with Crippen molar-refractivity contribution in [3.05, 3.63) is 0 Å². The smallest absolute Gasteiger partial charge is 0.276 e. The van der Waals surface area contributed by atoms with Crippen LogP contribution in [-0.2, 0) is 14.9 Å². The van der Waals surface area contributed by atoms with Crippen molar-refractivity contribution in [1.82, 2.24) is 19.2 Å². The molecule has 2 fully saturated rings. The average molecular weight is 320 g/mol. The monoisotopic (exact) mass is 320 g/mol. The molecule has 2 N–H and O–H groups in total. The molecule has 8 heteroatoms. The molecule has 0 aromatic heterocycles. The van der Waals surface area contributed by atoms with E-state index in [1.807, 2.05) is 0 Å². The molecule has 2 heterocycles. The highest BCUT2D eigenvalue weighted by Gasteiger charge is 2.40. The summed E-state index contributed by atoms with van der Waals surface area (Å²) in [5.74, 6) is 0. The molecule has 0 atom stereocenters. The second kappa shape index (κ2) is 7.34. The zero-order chi connectivity index (χ0) is 15.3. The fourth-order valence-corrected chi connectivity index (χ4v) is 4.09. The summed E-state index contributed by atoms with van der Waals surface area (Å²) < 4.78 is 34.5. The van der Waals surface area contributed by atoms with Crippen LogP contribution in [0.1, 0.15) is 19.8 Å². The molecule has 0 aliphatic carbocycles. The second-order valence-corrected chi connectivity index (χ2v) is 7.53. The summed E-state index contributed by atoms with van der Waals surface area (Å²) in [5.41, 5.74) is -0.0845. The third kappa shape index (κ3) is 4.61. The molecule has 0 aromatic carbocycles. The predicted octanol–water partition coefficient (Wildman–Crippen LogP) is -0.773. The predicted molar refractivity (Wildman–Crippen MR) is 82.5 cm³/mol. The second-order valence-electron chi connectivity index (χ2n) is 5.95. The van der Waals surface area contributed by atoms with Gasteiger partial charge in [-0.15, -0.1) is 0 Å². The number of hydrogen-bond acceptors (Lipinski definition) is 5. The van der Waals surface area contributed by atoms with E-state index >= 15 is 0 Å². The first-order valence-corrected chi connectivity index (χ1v) is 9.21. The van der Waals surface area contributed by atoms with Gasteiger partial charge in [-0.1, -0.05) is 6.92 Å².